The average Bonchev–Trinajstić information content (AvgIpc) is 3.04. The molecule has 1 fully saturated rings. The summed E-state index contributed by atoms with van der Waals surface area (Å²) in [7, 11) is 1.36. The molecule has 1 aliphatic rings. The largest absolute Gasteiger partial charge is 0.465 e. The molecule has 0 aromatic carbocycles. The summed E-state index contributed by atoms with van der Waals surface area (Å²) in [6.45, 7) is 1.92. The lowest BCUT2D eigenvalue weighted by Gasteiger charge is -1.99. The smallest absolute Gasteiger partial charge is 0.339 e. The Morgan fingerprint density at radius 2 is 2.44 bits per heavy atom. The van der Waals surface area contributed by atoms with Crippen LogP contribution in [0.15, 0.2) is 18.3 Å². The first kappa shape index (κ1) is 11.2. The maximum atomic E-state index is 11.4. The van der Waals surface area contributed by atoms with E-state index in [-0.39, 0.29) is 5.97 Å². The molecule has 2 aromatic heterocycles. The number of rotatable bonds is 2. The summed E-state index contributed by atoms with van der Waals surface area (Å²) in [5, 5.41) is 7.72. The van der Waals surface area contributed by atoms with Gasteiger partial charge in [0.25, 0.3) is 0 Å². The van der Waals surface area contributed by atoms with Crippen LogP contribution in [0.3, 0.4) is 0 Å². The van der Waals surface area contributed by atoms with Crippen LogP contribution in [-0.2, 0) is 4.74 Å². The average molecular weight is 246 g/mol. The molecule has 1 N–H and O–H groups in total. The SMILES string of the molecule is COC(=O)c1ccc2nc(C3CCNC3)nn2c1. The minimum absolute atomic E-state index is 0.364. The molecule has 1 aliphatic heterocycles. The predicted molar refractivity (Wildman–Crippen MR) is 64.6 cm³/mol. The molecule has 0 aliphatic carbocycles. The molecule has 0 spiro atoms. The summed E-state index contributed by atoms with van der Waals surface area (Å²) in [4.78, 5) is 15.9. The highest BCUT2D eigenvalue weighted by Crippen LogP contribution is 2.19. The van der Waals surface area contributed by atoms with Gasteiger partial charge in [0.15, 0.2) is 11.5 Å². The van der Waals surface area contributed by atoms with E-state index in [4.69, 9.17) is 0 Å². The summed E-state index contributed by atoms with van der Waals surface area (Å²) < 4.78 is 6.32. The Hall–Kier alpha value is -1.95. The van der Waals surface area contributed by atoms with Gasteiger partial charge in [-0.1, -0.05) is 0 Å². The van der Waals surface area contributed by atoms with Gasteiger partial charge in [-0.2, -0.15) is 5.10 Å². The summed E-state index contributed by atoms with van der Waals surface area (Å²) in [5.41, 5.74) is 1.23. The van der Waals surface area contributed by atoms with E-state index in [2.05, 4.69) is 20.1 Å². The van der Waals surface area contributed by atoms with Crippen molar-refractivity contribution in [3.63, 3.8) is 0 Å². The van der Waals surface area contributed by atoms with Gasteiger partial charge >= 0.3 is 5.97 Å². The topological polar surface area (TPSA) is 68.5 Å². The molecule has 0 bridgehead atoms. The Morgan fingerprint density at radius 1 is 1.56 bits per heavy atom. The van der Waals surface area contributed by atoms with Crippen molar-refractivity contribution in [2.75, 3.05) is 20.2 Å². The van der Waals surface area contributed by atoms with Crippen molar-refractivity contribution >= 4 is 11.6 Å². The van der Waals surface area contributed by atoms with Gasteiger partial charge in [-0.3, -0.25) is 0 Å². The summed E-state index contributed by atoms with van der Waals surface area (Å²) in [5.74, 6) is 0.838. The van der Waals surface area contributed by atoms with E-state index >= 15 is 0 Å². The third-order valence-electron chi connectivity index (χ3n) is 3.19. The molecule has 2 aromatic rings. The number of nitrogens with zero attached hydrogens (tertiary/aromatic N) is 3. The van der Waals surface area contributed by atoms with Crippen LogP contribution in [0.2, 0.25) is 0 Å². The van der Waals surface area contributed by atoms with Gasteiger partial charge in [0, 0.05) is 18.7 Å². The predicted octanol–water partition coefficient (Wildman–Crippen LogP) is 0.593. The number of ether oxygens (including phenoxy) is 1. The number of carbonyl (C=O) groups is 1. The molecule has 6 nitrogen and oxygen atoms in total. The summed E-state index contributed by atoms with van der Waals surface area (Å²) in [6.07, 6.45) is 2.71. The second-order valence-electron chi connectivity index (χ2n) is 4.37. The molecule has 3 rings (SSSR count). The highest BCUT2D eigenvalue weighted by molar-refractivity contribution is 5.89. The van der Waals surface area contributed by atoms with Gasteiger partial charge in [0.1, 0.15) is 0 Å². The molecule has 18 heavy (non-hydrogen) atoms. The number of nitrogens with one attached hydrogen (secondary N) is 1. The quantitative estimate of drug-likeness (QED) is 0.785. The Balaban J connectivity index is 1.98. The lowest BCUT2D eigenvalue weighted by Crippen LogP contribution is -2.09. The first-order chi connectivity index (χ1) is 8.78. The third kappa shape index (κ3) is 1.84. The number of esters is 1. The molecule has 1 saturated heterocycles. The first-order valence-corrected chi connectivity index (χ1v) is 5.93. The standard InChI is InChI=1S/C12H14N4O2/c1-18-12(17)9-2-3-10-14-11(15-16(10)7-9)8-4-5-13-6-8/h2-3,7-8,13H,4-6H2,1H3. The van der Waals surface area contributed by atoms with Crippen LogP contribution < -0.4 is 5.32 Å². The maximum Gasteiger partial charge on any atom is 0.339 e. The van der Waals surface area contributed by atoms with Gasteiger partial charge < -0.3 is 10.1 Å². The number of fused-ring (bicyclic) bond motifs is 1. The second-order valence-corrected chi connectivity index (χ2v) is 4.37. The summed E-state index contributed by atoms with van der Waals surface area (Å²) >= 11 is 0. The zero-order chi connectivity index (χ0) is 12.5. The van der Waals surface area contributed by atoms with Crippen LogP contribution in [0, 0.1) is 0 Å². The van der Waals surface area contributed by atoms with E-state index in [1.807, 2.05) is 0 Å². The zero-order valence-corrected chi connectivity index (χ0v) is 10.1. The van der Waals surface area contributed by atoms with E-state index in [9.17, 15) is 4.79 Å². The Labute approximate surface area is 104 Å². The fourth-order valence-electron chi connectivity index (χ4n) is 2.19. The van der Waals surface area contributed by atoms with Crippen LogP contribution >= 0.6 is 0 Å². The fourth-order valence-corrected chi connectivity index (χ4v) is 2.19. The molecule has 1 unspecified atom stereocenters. The van der Waals surface area contributed by atoms with Crippen LogP contribution in [0.4, 0.5) is 0 Å². The van der Waals surface area contributed by atoms with E-state index in [0.29, 0.717) is 11.5 Å². The molecule has 3 heterocycles. The summed E-state index contributed by atoms with van der Waals surface area (Å²) in [6, 6.07) is 3.48. The number of methoxy groups -OCH3 is 1. The first-order valence-electron chi connectivity index (χ1n) is 5.93. The number of hydrogen-bond donors (Lipinski definition) is 1. The molecule has 0 saturated carbocycles. The van der Waals surface area contributed by atoms with E-state index < -0.39 is 0 Å². The lowest BCUT2D eigenvalue weighted by atomic mass is 10.1. The van der Waals surface area contributed by atoms with Crippen LogP contribution in [0.1, 0.15) is 28.5 Å². The van der Waals surface area contributed by atoms with Crippen molar-refractivity contribution in [1.82, 2.24) is 19.9 Å². The van der Waals surface area contributed by atoms with Crippen molar-refractivity contribution < 1.29 is 9.53 Å². The molecule has 0 radical (unpaired) electrons. The minimum Gasteiger partial charge on any atom is -0.465 e. The van der Waals surface area contributed by atoms with Gasteiger partial charge in [-0.05, 0) is 25.1 Å². The molecular weight excluding hydrogens is 232 g/mol. The number of carbonyl (C=O) groups excluding carboxylic acids is 1. The third-order valence-corrected chi connectivity index (χ3v) is 3.19. The van der Waals surface area contributed by atoms with Gasteiger partial charge in [0.05, 0.1) is 12.7 Å². The molecule has 1 atom stereocenters. The highest BCUT2D eigenvalue weighted by atomic mass is 16.5. The van der Waals surface area contributed by atoms with E-state index in [1.165, 1.54) is 7.11 Å². The minimum atomic E-state index is -0.364. The van der Waals surface area contributed by atoms with Crippen molar-refractivity contribution in [2.45, 2.75) is 12.3 Å². The number of aromatic nitrogens is 3. The van der Waals surface area contributed by atoms with Crippen molar-refractivity contribution in [3.8, 4) is 0 Å². The Morgan fingerprint density at radius 3 is 3.17 bits per heavy atom. The van der Waals surface area contributed by atoms with Crippen molar-refractivity contribution in [1.29, 1.82) is 0 Å². The van der Waals surface area contributed by atoms with E-state index in [1.54, 1.807) is 22.8 Å². The van der Waals surface area contributed by atoms with Gasteiger partial charge in [-0.15, -0.1) is 0 Å². The van der Waals surface area contributed by atoms with Crippen LogP contribution in [0.25, 0.3) is 5.65 Å². The second kappa shape index (κ2) is 4.38. The Bertz CT molecular complexity index is 587. The normalized spacial score (nSPS) is 19.3. The highest BCUT2D eigenvalue weighted by Gasteiger charge is 2.21. The van der Waals surface area contributed by atoms with E-state index in [0.717, 1.165) is 31.0 Å². The number of hydrogen-bond acceptors (Lipinski definition) is 5. The monoisotopic (exact) mass is 246 g/mol. The lowest BCUT2D eigenvalue weighted by molar-refractivity contribution is 0.0600. The van der Waals surface area contributed by atoms with Gasteiger partial charge in [-0.25, -0.2) is 14.3 Å². The van der Waals surface area contributed by atoms with Crippen LogP contribution in [-0.4, -0.2) is 40.8 Å². The molecule has 6 heteroatoms. The molecule has 94 valence electrons. The van der Waals surface area contributed by atoms with Crippen molar-refractivity contribution in [3.05, 3.63) is 29.7 Å². The maximum absolute atomic E-state index is 11.4. The number of pyridine rings is 1. The van der Waals surface area contributed by atoms with Crippen molar-refractivity contribution in [2.24, 2.45) is 0 Å². The fraction of sp³-hybridized carbons (Fsp3) is 0.417. The zero-order valence-electron chi connectivity index (χ0n) is 10.1. The van der Waals surface area contributed by atoms with Gasteiger partial charge in [0.2, 0.25) is 0 Å². The Kier molecular flexibility index (Phi) is 2.71. The van der Waals surface area contributed by atoms with Crippen LogP contribution in [0.5, 0.6) is 0 Å². The molecular formula is C12H14N4O2. The molecule has 0 amide bonds.